The number of aryl methyl sites for hydroxylation is 1. The number of amides is 1. The van der Waals surface area contributed by atoms with Gasteiger partial charge < -0.3 is 28.6 Å². The Hall–Kier alpha value is -5.24. The average Bonchev–Trinajstić information content (AvgIpc) is 3.60. The van der Waals surface area contributed by atoms with Gasteiger partial charge in [0.1, 0.15) is 23.0 Å². The topological polar surface area (TPSA) is 107 Å². The van der Waals surface area contributed by atoms with E-state index in [1.807, 2.05) is 60.8 Å². The molecule has 8 nitrogen and oxygen atoms in total. The Morgan fingerprint density at radius 1 is 0.905 bits per heavy atom. The van der Waals surface area contributed by atoms with Gasteiger partial charge in [-0.05, 0) is 60.5 Å². The minimum atomic E-state index is -0.297. The van der Waals surface area contributed by atoms with E-state index in [1.165, 1.54) is 6.07 Å². The van der Waals surface area contributed by atoms with Crippen LogP contribution >= 0.6 is 0 Å². The molecule has 1 atom stereocenters. The standard InChI is InChI=1S/C34H30N2O6/c1-20-16-30(37)34-33(41-20)26(32(42-34)22-10-14-24(40-3)15-11-22)17-31(38)36-18-27(21-8-12-23(39-2)13-9-21)28-19-35-29-7-5-4-6-25(28)29/h4-16,19,27,35H,17-18H2,1-3H3,(H,36,38). The van der Waals surface area contributed by atoms with Crippen LogP contribution in [0.1, 0.15) is 28.4 Å². The first-order valence-electron chi connectivity index (χ1n) is 13.6. The van der Waals surface area contributed by atoms with Crippen LogP contribution in [0.5, 0.6) is 11.5 Å². The van der Waals surface area contributed by atoms with Crippen molar-refractivity contribution in [3.05, 3.63) is 118 Å². The van der Waals surface area contributed by atoms with E-state index in [2.05, 4.69) is 16.4 Å². The highest BCUT2D eigenvalue weighted by atomic mass is 16.5. The summed E-state index contributed by atoms with van der Waals surface area (Å²) < 4.78 is 22.6. The highest BCUT2D eigenvalue weighted by Gasteiger charge is 2.24. The minimum Gasteiger partial charge on any atom is -0.497 e. The summed E-state index contributed by atoms with van der Waals surface area (Å²) >= 11 is 0. The van der Waals surface area contributed by atoms with Gasteiger partial charge in [-0.3, -0.25) is 9.59 Å². The van der Waals surface area contributed by atoms with Gasteiger partial charge >= 0.3 is 0 Å². The van der Waals surface area contributed by atoms with Crippen molar-refractivity contribution in [2.75, 3.05) is 20.8 Å². The van der Waals surface area contributed by atoms with Crippen LogP contribution in [0.15, 0.2) is 98.7 Å². The fourth-order valence-corrected chi connectivity index (χ4v) is 5.36. The van der Waals surface area contributed by atoms with Crippen molar-refractivity contribution in [3.63, 3.8) is 0 Å². The number of benzene rings is 3. The predicted molar refractivity (Wildman–Crippen MR) is 161 cm³/mol. The maximum absolute atomic E-state index is 13.6. The van der Waals surface area contributed by atoms with Gasteiger partial charge in [0.05, 0.1) is 26.2 Å². The first-order chi connectivity index (χ1) is 20.4. The molecule has 212 valence electrons. The fraction of sp³-hybridized carbons (Fsp3) is 0.176. The number of fused-ring (bicyclic) bond motifs is 2. The van der Waals surface area contributed by atoms with Crippen LogP contribution in [0, 0.1) is 6.92 Å². The number of rotatable bonds is 9. The van der Waals surface area contributed by atoms with Crippen LogP contribution in [-0.2, 0) is 11.2 Å². The molecule has 0 radical (unpaired) electrons. The lowest BCUT2D eigenvalue weighted by Crippen LogP contribution is -2.30. The summed E-state index contributed by atoms with van der Waals surface area (Å²) in [5, 5.41) is 4.22. The highest BCUT2D eigenvalue weighted by molar-refractivity contribution is 5.90. The van der Waals surface area contributed by atoms with Crippen LogP contribution < -0.4 is 20.2 Å². The zero-order chi connectivity index (χ0) is 29.2. The number of aromatic amines is 1. The lowest BCUT2D eigenvalue weighted by atomic mass is 9.90. The third-order valence-corrected chi connectivity index (χ3v) is 7.49. The number of methoxy groups -OCH3 is 2. The van der Waals surface area contributed by atoms with Gasteiger partial charge in [0, 0.05) is 41.2 Å². The number of carbonyl (C=O) groups excluding carboxylic acids is 1. The molecule has 3 heterocycles. The number of nitrogens with one attached hydrogen (secondary N) is 2. The van der Waals surface area contributed by atoms with Crippen LogP contribution in [0.25, 0.3) is 33.4 Å². The van der Waals surface area contributed by atoms with Crippen molar-refractivity contribution in [2.45, 2.75) is 19.3 Å². The molecule has 1 unspecified atom stereocenters. The Morgan fingerprint density at radius 3 is 2.31 bits per heavy atom. The zero-order valence-corrected chi connectivity index (χ0v) is 23.5. The van der Waals surface area contributed by atoms with E-state index in [4.69, 9.17) is 18.3 Å². The van der Waals surface area contributed by atoms with Gasteiger partial charge in [-0.1, -0.05) is 30.3 Å². The Bertz CT molecular complexity index is 1930. The quantitative estimate of drug-likeness (QED) is 0.213. The van der Waals surface area contributed by atoms with Gasteiger partial charge in [-0.15, -0.1) is 0 Å². The van der Waals surface area contributed by atoms with Crippen LogP contribution in [-0.4, -0.2) is 31.7 Å². The normalized spacial score (nSPS) is 12.0. The van der Waals surface area contributed by atoms with Crippen molar-refractivity contribution >= 4 is 28.0 Å². The molecule has 0 saturated carbocycles. The molecule has 0 aliphatic heterocycles. The largest absolute Gasteiger partial charge is 0.497 e. The summed E-state index contributed by atoms with van der Waals surface area (Å²) in [6, 6.07) is 24.6. The van der Waals surface area contributed by atoms with Gasteiger partial charge in [-0.2, -0.15) is 0 Å². The Balaban J connectivity index is 1.33. The monoisotopic (exact) mass is 562 g/mol. The molecular formula is C34H30N2O6. The van der Waals surface area contributed by atoms with E-state index >= 15 is 0 Å². The number of hydrogen-bond acceptors (Lipinski definition) is 6. The van der Waals surface area contributed by atoms with Crippen molar-refractivity contribution in [1.82, 2.24) is 10.3 Å². The number of aromatic nitrogens is 1. The molecule has 2 N–H and O–H groups in total. The summed E-state index contributed by atoms with van der Waals surface area (Å²) in [6.07, 6.45) is 1.96. The van der Waals surface area contributed by atoms with E-state index in [0.717, 1.165) is 27.8 Å². The number of furan rings is 1. The van der Waals surface area contributed by atoms with Crippen molar-refractivity contribution in [1.29, 1.82) is 0 Å². The maximum atomic E-state index is 13.6. The second-order valence-electron chi connectivity index (χ2n) is 10.1. The second-order valence-corrected chi connectivity index (χ2v) is 10.1. The summed E-state index contributed by atoms with van der Waals surface area (Å²) in [4.78, 5) is 29.7. The van der Waals surface area contributed by atoms with Crippen LogP contribution in [0.4, 0.5) is 0 Å². The first kappa shape index (κ1) is 27.0. The smallest absolute Gasteiger partial charge is 0.228 e. The maximum Gasteiger partial charge on any atom is 0.228 e. The fourth-order valence-electron chi connectivity index (χ4n) is 5.36. The number of H-pyrrole nitrogens is 1. The molecule has 3 aromatic carbocycles. The highest BCUT2D eigenvalue weighted by Crippen LogP contribution is 2.35. The van der Waals surface area contributed by atoms with Crippen molar-refractivity contribution < 1.29 is 23.1 Å². The minimum absolute atomic E-state index is 0.0377. The number of para-hydroxylation sites is 1. The lowest BCUT2D eigenvalue weighted by Gasteiger charge is -2.19. The number of carbonyl (C=O) groups is 1. The van der Waals surface area contributed by atoms with E-state index in [9.17, 15) is 9.59 Å². The number of hydrogen-bond donors (Lipinski definition) is 2. The molecule has 42 heavy (non-hydrogen) atoms. The Labute approximate surface area is 241 Å². The molecule has 0 bridgehead atoms. The Morgan fingerprint density at radius 2 is 1.60 bits per heavy atom. The van der Waals surface area contributed by atoms with Gasteiger partial charge in [0.15, 0.2) is 5.58 Å². The average molecular weight is 563 g/mol. The molecule has 6 rings (SSSR count). The molecule has 0 saturated heterocycles. The summed E-state index contributed by atoms with van der Waals surface area (Å²) in [5.74, 6) is 1.94. The summed E-state index contributed by atoms with van der Waals surface area (Å²) in [5.41, 5.74) is 4.43. The third-order valence-electron chi connectivity index (χ3n) is 7.49. The molecule has 8 heteroatoms. The SMILES string of the molecule is COc1ccc(-c2oc3c(=O)cc(C)oc3c2CC(=O)NCC(c2ccc(OC)cc2)c2c[nH]c3ccccc23)cc1. The van der Waals surface area contributed by atoms with E-state index in [1.54, 1.807) is 33.3 Å². The Kier molecular flexibility index (Phi) is 7.27. The van der Waals surface area contributed by atoms with Crippen LogP contribution in [0.3, 0.4) is 0 Å². The predicted octanol–water partition coefficient (Wildman–Crippen LogP) is 6.35. The molecule has 0 spiro atoms. The van der Waals surface area contributed by atoms with Gasteiger partial charge in [-0.25, -0.2) is 0 Å². The molecule has 0 aliphatic rings. The molecule has 0 aliphatic carbocycles. The molecule has 0 fully saturated rings. The lowest BCUT2D eigenvalue weighted by molar-refractivity contribution is -0.120. The number of ether oxygens (including phenoxy) is 2. The molecule has 1 amide bonds. The molecule has 3 aromatic heterocycles. The van der Waals surface area contributed by atoms with Crippen molar-refractivity contribution in [3.8, 4) is 22.8 Å². The first-order valence-corrected chi connectivity index (χ1v) is 13.6. The van der Waals surface area contributed by atoms with Gasteiger partial charge in [0.2, 0.25) is 16.9 Å². The van der Waals surface area contributed by atoms with Gasteiger partial charge in [0.25, 0.3) is 0 Å². The van der Waals surface area contributed by atoms with E-state index < -0.39 is 0 Å². The van der Waals surface area contributed by atoms with Crippen molar-refractivity contribution in [2.24, 2.45) is 0 Å². The zero-order valence-electron chi connectivity index (χ0n) is 23.5. The molecule has 6 aromatic rings. The van der Waals surface area contributed by atoms with E-state index in [0.29, 0.717) is 34.9 Å². The second kappa shape index (κ2) is 11.3. The van der Waals surface area contributed by atoms with Crippen LogP contribution in [0.2, 0.25) is 0 Å². The third kappa shape index (κ3) is 5.14. The summed E-state index contributed by atoms with van der Waals surface area (Å²) in [7, 11) is 3.22. The summed E-state index contributed by atoms with van der Waals surface area (Å²) in [6.45, 7) is 2.05. The van der Waals surface area contributed by atoms with E-state index in [-0.39, 0.29) is 34.8 Å². The molecular weight excluding hydrogens is 532 g/mol.